The van der Waals surface area contributed by atoms with E-state index in [0.29, 0.717) is 5.66 Å². The van der Waals surface area contributed by atoms with E-state index in [1.165, 1.54) is 12.8 Å². The van der Waals surface area contributed by atoms with Gasteiger partial charge in [-0.25, -0.2) is 0 Å². The van der Waals surface area contributed by atoms with E-state index in [-0.39, 0.29) is 0 Å². The summed E-state index contributed by atoms with van der Waals surface area (Å²) in [5.74, 6) is 0. The number of rotatable bonds is 2. The van der Waals surface area contributed by atoms with Gasteiger partial charge >= 0.3 is 0 Å². The van der Waals surface area contributed by atoms with Gasteiger partial charge in [0.25, 0.3) is 0 Å². The summed E-state index contributed by atoms with van der Waals surface area (Å²) >= 11 is 0. The second-order valence-electron chi connectivity index (χ2n) is 4.68. The molecule has 2 heterocycles. The monoisotopic (exact) mass is 212 g/mol. The Morgan fingerprint density at radius 2 is 1.07 bits per heavy atom. The molecule has 2 aliphatic heterocycles. The lowest BCUT2D eigenvalue weighted by Gasteiger charge is -2.43. The molecule has 0 aromatic rings. The van der Waals surface area contributed by atoms with E-state index in [9.17, 15) is 0 Å². The van der Waals surface area contributed by atoms with Crippen LogP contribution in [0.1, 0.15) is 12.8 Å². The maximum Gasteiger partial charge on any atom is 0.0743 e. The van der Waals surface area contributed by atoms with Crippen molar-refractivity contribution in [3.8, 4) is 0 Å². The van der Waals surface area contributed by atoms with Crippen molar-refractivity contribution in [1.29, 1.82) is 0 Å². The first-order valence-electron chi connectivity index (χ1n) is 6.07. The minimum atomic E-state index is 0.396. The SMILES string of the molecule is C1CN(C2(N3CCOCC3)CC2)CCO1. The van der Waals surface area contributed by atoms with Crippen LogP contribution < -0.4 is 0 Å². The molecule has 0 unspecified atom stereocenters. The van der Waals surface area contributed by atoms with E-state index < -0.39 is 0 Å². The zero-order valence-corrected chi connectivity index (χ0v) is 9.28. The Bertz CT molecular complexity index is 199. The second kappa shape index (κ2) is 4.01. The molecule has 3 fully saturated rings. The van der Waals surface area contributed by atoms with Crippen LogP contribution in [0.2, 0.25) is 0 Å². The number of hydrogen-bond donors (Lipinski definition) is 0. The van der Waals surface area contributed by atoms with Crippen LogP contribution in [-0.4, -0.2) is 68.1 Å². The highest BCUT2D eigenvalue weighted by atomic mass is 16.5. The van der Waals surface area contributed by atoms with Gasteiger partial charge in [0.1, 0.15) is 0 Å². The molecule has 0 radical (unpaired) electrons. The molecule has 3 aliphatic rings. The van der Waals surface area contributed by atoms with Crippen molar-refractivity contribution in [3.05, 3.63) is 0 Å². The normalized spacial score (nSPS) is 32.8. The third-order valence-corrected chi connectivity index (χ3v) is 3.90. The molecule has 0 aromatic carbocycles. The Balaban J connectivity index is 1.66. The zero-order chi connectivity index (χ0) is 10.1. The van der Waals surface area contributed by atoms with E-state index in [1.807, 2.05) is 0 Å². The number of morpholine rings is 2. The summed E-state index contributed by atoms with van der Waals surface area (Å²) in [5.41, 5.74) is 0.396. The third kappa shape index (κ3) is 1.80. The maximum atomic E-state index is 5.43. The lowest BCUT2D eigenvalue weighted by Crippen LogP contribution is -2.57. The molecule has 0 N–H and O–H groups in total. The largest absolute Gasteiger partial charge is 0.379 e. The second-order valence-corrected chi connectivity index (χ2v) is 4.68. The number of nitrogens with zero attached hydrogens (tertiary/aromatic N) is 2. The average Bonchev–Trinajstić information content (AvgIpc) is 3.13. The quantitative estimate of drug-likeness (QED) is 0.650. The van der Waals surface area contributed by atoms with Gasteiger partial charge in [-0.1, -0.05) is 0 Å². The molecule has 0 aromatic heterocycles. The summed E-state index contributed by atoms with van der Waals surface area (Å²) in [5, 5.41) is 0. The van der Waals surface area contributed by atoms with Crippen LogP contribution in [-0.2, 0) is 9.47 Å². The Morgan fingerprint density at radius 1 is 0.667 bits per heavy atom. The highest BCUT2D eigenvalue weighted by molar-refractivity contribution is 5.04. The van der Waals surface area contributed by atoms with E-state index in [0.717, 1.165) is 52.6 Å². The standard InChI is InChI=1S/C11H20N2O2/c1-2-11(1,12-3-7-14-8-4-12)13-5-9-15-10-6-13/h1-10H2. The van der Waals surface area contributed by atoms with Crippen LogP contribution in [0, 0.1) is 0 Å². The average molecular weight is 212 g/mol. The van der Waals surface area contributed by atoms with Crippen LogP contribution >= 0.6 is 0 Å². The predicted octanol–water partition coefficient (Wildman–Crippen LogP) is 0.141. The Kier molecular flexibility index (Phi) is 2.68. The van der Waals surface area contributed by atoms with Crippen LogP contribution in [0.5, 0.6) is 0 Å². The lowest BCUT2D eigenvalue weighted by atomic mass is 10.2. The molecular formula is C11H20N2O2. The van der Waals surface area contributed by atoms with Gasteiger partial charge in [0, 0.05) is 26.2 Å². The van der Waals surface area contributed by atoms with Gasteiger partial charge in [-0.15, -0.1) is 0 Å². The topological polar surface area (TPSA) is 24.9 Å². The molecule has 4 heteroatoms. The van der Waals surface area contributed by atoms with Gasteiger partial charge in [-0.2, -0.15) is 0 Å². The van der Waals surface area contributed by atoms with E-state index in [1.54, 1.807) is 0 Å². The molecule has 0 spiro atoms. The molecule has 3 rings (SSSR count). The van der Waals surface area contributed by atoms with Crippen LogP contribution in [0.25, 0.3) is 0 Å². The molecule has 2 saturated heterocycles. The fourth-order valence-corrected chi connectivity index (χ4v) is 2.90. The zero-order valence-electron chi connectivity index (χ0n) is 9.28. The third-order valence-electron chi connectivity index (χ3n) is 3.90. The number of hydrogen-bond acceptors (Lipinski definition) is 4. The molecule has 86 valence electrons. The summed E-state index contributed by atoms with van der Waals surface area (Å²) in [6.45, 7) is 8.07. The molecule has 0 bridgehead atoms. The Hall–Kier alpha value is -0.160. The van der Waals surface area contributed by atoms with Crippen LogP contribution in [0.3, 0.4) is 0 Å². The summed E-state index contributed by atoms with van der Waals surface area (Å²) in [6, 6.07) is 0. The predicted molar refractivity (Wildman–Crippen MR) is 56.7 cm³/mol. The fraction of sp³-hybridized carbons (Fsp3) is 1.00. The summed E-state index contributed by atoms with van der Waals surface area (Å²) in [6.07, 6.45) is 2.68. The van der Waals surface area contributed by atoms with Crippen LogP contribution in [0.15, 0.2) is 0 Å². The van der Waals surface area contributed by atoms with Crippen LogP contribution in [0.4, 0.5) is 0 Å². The molecule has 4 nitrogen and oxygen atoms in total. The molecular weight excluding hydrogens is 192 g/mol. The highest BCUT2D eigenvalue weighted by Gasteiger charge is 2.52. The molecule has 0 amide bonds. The van der Waals surface area contributed by atoms with Crippen molar-refractivity contribution < 1.29 is 9.47 Å². The molecule has 15 heavy (non-hydrogen) atoms. The Labute approximate surface area is 91.1 Å². The maximum absolute atomic E-state index is 5.43. The smallest absolute Gasteiger partial charge is 0.0743 e. The van der Waals surface area contributed by atoms with Crippen molar-refractivity contribution in [3.63, 3.8) is 0 Å². The first kappa shape index (κ1) is 10.0. The lowest BCUT2D eigenvalue weighted by molar-refractivity contribution is -0.0792. The highest BCUT2D eigenvalue weighted by Crippen LogP contribution is 2.45. The number of ether oxygens (including phenoxy) is 2. The van der Waals surface area contributed by atoms with E-state index in [4.69, 9.17) is 9.47 Å². The first-order chi connectivity index (χ1) is 7.42. The van der Waals surface area contributed by atoms with Gasteiger partial charge in [-0.05, 0) is 12.8 Å². The Morgan fingerprint density at radius 3 is 1.40 bits per heavy atom. The van der Waals surface area contributed by atoms with Crippen molar-refractivity contribution in [1.82, 2.24) is 9.80 Å². The first-order valence-corrected chi connectivity index (χ1v) is 6.07. The van der Waals surface area contributed by atoms with Crippen molar-refractivity contribution in [2.24, 2.45) is 0 Å². The van der Waals surface area contributed by atoms with Gasteiger partial charge in [0.15, 0.2) is 0 Å². The van der Waals surface area contributed by atoms with Crippen molar-refractivity contribution >= 4 is 0 Å². The van der Waals surface area contributed by atoms with Gasteiger partial charge in [0.2, 0.25) is 0 Å². The van der Waals surface area contributed by atoms with Gasteiger partial charge in [0.05, 0.1) is 32.1 Å². The molecule has 1 aliphatic carbocycles. The van der Waals surface area contributed by atoms with Gasteiger partial charge < -0.3 is 9.47 Å². The van der Waals surface area contributed by atoms with Gasteiger partial charge in [-0.3, -0.25) is 9.80 Å². The fourth-order valence-electron chi connectivity index (χ4n) is 2.90. The van der Waals surface area contributed by atoms with Crippen molar-refractivity contribution in [2.75, 3.05) is 52.6 Å². The molecule has 0 atom stereocenters. The minimum Gasteiger partial charge on any atom is -0.379 e. The molecule has 1 saturated carbocycles. The minimum absolute atomic E-state index is 0.396. The van der Waals surface area contributed by atoms with E-state index in [2.05, 4.69) is 9.80 Å². The van der Waals surface area contributed by atoms with E-state index >= 15 is 0 Å². The summed E-state index contributed by atoms with van der Waals surface area (Å²) in [4.78, 5) is 5.25. The summed E-state index contributed by atoms with van der Waals surface area (Å²) < 4.78 is 10.9. The summed E-state index contributed by atoms with van der Waals surface area (Å²) in [7, 11) is 0. The van der Waals surface area contributed by atoms with Crippen molar-refractivity contribution in [2.45, 2.75) is 18.5 Å².